The van der Waals surface area contributed by atoms with Crippen molar-refractivity contribution in [3.05, 3.63) is 46.5 Å². The molecule has 1 aromatic carbocycles. The van der Waals surface area contributed by atoms with Crippen LogP contribution in [0.2, 0.25) is 0 Å². The standard InChI is InChI=1S/C10H8BrO2/c1-3-7-4-8(10(12)13-2)6-9(11)5-7/h4-6H,1H2,2H3. The van der Waals surface area contributed by atoms with Crippen molar-refractivity contribution in [1.82, 2.24) is 0 Å². The molecule has 13 heavy (non-hydrogen) atoms. The smallest absolute Gasteiger partial charge is 0.337 e. The van der Waals surface area contributed by atoms with Crippen molar-refractivity contribution >= 4 is 21.9 Å². The van der Waals surface area contributed by atoms with Gasteiger partial charge in [0.25, 0.3) is 0 Å². The summed E-state index contributed by atoms with van der Waals surface area (Å²) in [4.78, 5) is 11.1. The summed E-state index contributed by atoms with van der Waals surface area (Å²) in [7, 11) is 1.35. The van der Waals surface area contributed by atoms with Crippen molar-refractivity contribution in [2.75, 3.05) is 7.11 Å². The van der Waals surface area contributed by atoms with Gasteiger partial charge in [-0.3, -0.25) is 0 Å². The van der Waals surface area contributed by atoms with Crippen molar-refractivity contribution in [2.24, 2.45) is 0 Å². The summed E-state index contributed by atoms with van der Waals surface area (Å²) in [5.41, 5.74) is 1.25. The zero-order valence-corrected chi connectivity index (χ0v) is 8.72. The van der Waals surface area contributed by atoms with E-state index in [0.29, 0.717) is 5.56 Å². The fourth-order valence-corrected chi connectivity index (χ4v) is 1.42. The number of rotatable bonds is 2. The molecule has 0 bridgehead atoms. The molecular weight excluding hydrogens is 232 g/mol. The topological polar surface area (TPSA) is 26.3 Å². The van der Waals surface area contributed by atoms with Crippen LogP contribution in [0.25, 0.3) is 0 Å². The molecule has 67 valence electrons. The summed E-state index contributed by atoms with van der Waals surface area (Å²) in [6.45, 7) is 3.50. The van der Waals surface area contributed by atoms with E-state index in [2.05, 4.69) is 33.3 Å². The lowest BCUT2D eigenvalue weighted by Gasteiger charge is -2.01. The molecule has 0 spiro atoms. The van der Waals surface area contributed by atoms with Gasteiger partial charge in [-0.2, -0.15) is 0 Å². The van der Waals surface area contributed by atoms with E-state index < -0.39 is 0 Å². The molecule has 2 nitrogen and oxygen atoms in total. The quantitative estimate of drug-likeness (QED) is 0.742. The molecule has 3 heteroatoms. The van der Waals surface area contributed by atoms with Crippen molar-refractivity contribution in [1.29, 1.82) is 0 Å². The van der Waals surface area contributed by atoms with Crippen LogP contribution in [-0.4, -0.2) is 13.1 Å². The van der Waals surface area contributed by atoms with Crippen LogP contribution >= 0.6 is 15.9 Å². The number of ether oxygens (including phenoxy) is 1. The number of methoxy groups -OCH3 is 1. The fourth-order valence-electron chi connectivity index (χ4n) is 0.927. The Bertz CT molecular complexity index is 345. The van der Waals surface area contributed by atoms with E-state index in [1.807, 2.05) is 6.07 Å². The third kappa shape index (κ3) is 2.42. The van der Waals surface area contributed by atoms with Crippen molar-refractivity contribution < 1.29 is 9.53 Å². The Morgan fingerprint density at radius 2 is 2.23 bits per heavy atom. The van der Waals surface area contributed by atoms with Crippen LogP contribution in [0.1, 0.15) is 15.9 Å². The zero-order chi connectivity index (χ0) is 9.84. The Labute approximate surface area is 85.3 Å². The van der Waals surface area contributed by atoms with Crippen LogP contribution in [-0.2, 0) is 4.74 Å². The normalized spacial score (nSPS) is 9.38. The molecule has 0 N–H and O–H groups in total. The molecule has 0 saturated carbocycles. The second-order valence-corrected chi connectivity index (χ2v) is 3.31. The second-order valence-electron chi connectivity index (χ2n) is 2.40. The number of carbonyl (C=O) groups excluding carboxylic acids is 1. The Kier molecular flexibility index (Phi) is 3.25. The van der Waals surface area contributed by atoms with Gasteiger partial charge in [0.2, 0.25) is 0 Å². The highest BCUT2D eigenvalue weighted by Crippen LogP contribution is 2.16. The molecule has 1 aromatic rings. The predicted molar refractivity (Wildman–Crippen MR) is 53.5 cm³/mol. The average molecular weight is 240 g/mol. The number of hydrogen-bond donors (Lipinski definition) is 0. The van der Waals surface area contributed by atoms with Gasteiger partial charge in [-0.05, 0) is 29.8 Å². The maximum Gasteiger partial charge on any atom is 0.337 e. The molecule has 0 atom stereocenters. The highest BCUT2D eigenvalue weighted by molar-refractivity contribution is 9.10. The van der Waals surface area contributed by atoms with Crippen LogP contribution in [0, 0.1) is 6.08 Å². The third-order valence-electron chi connectivity index (χ3n) is 1.52. The maximum atomic E-state index is 11.1. The molecule has 0 fully saturated rings. The third-order valence-corrected chi connectivity index (χ3v) is 1.98. The molecule has 0 aliphatic rings. The van der Waals surface area contributed by atoms with E-state index in [1.165, 1.54) is 7.11 Å². The second kappa shape index (κ2) is 4.23. The first kappa shape index (κ1) is 9.99. The van der Waals surface area contributed by atoms with Gasteiger partial charge in [0.05, 0.1) is 12.7 Å². The Hall–Kier alpha value is -1.09. The summed E-state index contributed by atoms with van der Waals surface area (Å²) in [6.07, 6.45) is 2.70. The van der Waals surface area contributed by atoms with Gasteiger partial charge in [0, 0.05) is 4.47 Å². The first-order valence-corrected chi connectivity index (χ1v) is 4.38. The van der Waals surface area contributed by atoms with Gasteiger partial charge in [0.15, 0.2) is 0 Å². The van der Waals surface area contributed by atoms with E-state index in [-0.39, 0.29) is 5.97 Å². The van der Waals surface area contributed by atoms with Crippen molar-refractivity contribution in [2.45, 2.75) is 0 Å². The number of hydrogen-bond acceptors (Lipinski definition) is 2. The van der Waals surface area contributed by atoms with E-state index in [9.17, 15) is 4.79 Å². The Morgan fingerprint density at radius 1 is 1.54 bits per heavy atom. The summed E-state index contributed by atoms with van der Waals surface area (Å²) in [5, 5.41) is 0. The summed E-state index contributed by atoms with van der Waals surface area (Å²) >= 11 is 3.28. The van der Waals surface area contributed by atoms with Gasteiger partial charge in [0.1, 0.15) is 0 Å². The molecular formula is C10H8BrO2. The summed E-state index contributed by atoms with van der Waals surface area (Å²) in [6, 6.07) is 5.18. The maximum absolute atomic E-state index is 11.1. The molecule has 0 aromatic heterocycles. The largest absolute Gasteiger partial charge is 0.465 e. The van der Waals surface area contributed by atoms with Crippen LogP contribution in [0.4, 0.5) is 0 Å². The average Bonchev–Trinajstić information content (AvgIpc) is 2.15. The first-order chi connectivity index (χ1) is 6.17. The molecule has 0 aliphatic carbocycles. The van der Waals surface area contributed by atoms with Gasteiger partial charge in [-0.15, -0.1) is 0 Å². The molecule has 1 radical (unpaired) electrons. The number of halogens is 1. The molecule has 0 aliphatic heterocycles. The van der Waals surface area contributed by atoms with E-state index in [4.69, 9.17) is 0 Å². The summed E-state index contributed by atoms with van der Waals surface area (Å²) in [5.74, 6) is -0.363. The predicted octanol–water partition coefficient (Wildman–Crippen LogP) is 2.57. The lowest BCUT2D eigenvalue weighted by molar-refractivity contribution is 0.0600. The lowest BCUT2D eigenvalue weighted by Crippen LogP contribution is -2.01. The highest BCUT2D eigenvalue weighted by atomic mass is 79.9. The van der Waals surface area contributed by atoms with Crippen molar-refractivity contribution in [3.63, 3.8) is 0 Å². The molecule has 0 heterocycles. The van der Waals surface area contributed by atoms with Crippen LogP contribution in [0.3, 0.4) is 0 Å². The van der Waals surface area contributed by atoms with Crippen LogP contribution in [0.5, 0.6) is 0 Å². The molecule has 0 saturated heterocycles. The number of carbonyl (C=O) groups is 1. The monoisotopic (exact) mass is 239 g/mol. The Balaban J connectivity index is 3.15. The van der Waals surface area contributed by atoms with E-state index in [0.717, 1.165) is 10.0 Å². The van der Waals surface area contributed by atoms with Gasteiger partial charge in [-0.1, -0.05) is 22.5 Å². The minimum atomic E-state index is -0.363. The van der Waals surface area contributed by atoms with Gasteiger partial charge >= 0.3 is 5.97 Å². The van der Waals surface area contributed by atoms with E-state index in [1.54, 1.807) is 12.1 Å². The van der Waals surface area contributed by atoms with Crippen LogP contribution in [0.15, 0.2) is 29.3 Å². The number of esters is 1. The first-order valence-electron chi connectivity index (χ1n) is 3.59. The minimum absolute atomic E-state index is 0.363. The molecule has 1 rings (SSSR count). The van der Waals surface area contributed by atoms with Crippen LogP contribution < -0.4 is 0 Å². The highest BCUT2D eigenvalue weighted by Gasteiger charge is 2.06. The fraction of sp³-hybridized carbons (Fsp3) is 0.100. The van der Waals surface area contributed by atoms with Crippen molar-refractivity contribution in [3.8, 4) is 0 Å². The minimum Gasteiger partial charge on any atom is -0.465 e. The molecule has 0 unspecified atom stereocenters. The Morgan fingerprint density at radius 3 is 2.77 bits per heavy atom. The number of benzene rings is 1. The summed E-state index contributed by atoms with van der Waals surface area (Å²) < 4.78 is 5.39. The van der Waals surface area contributed by atoms with Gasteiger partial charge in [-0.25, -0.2) is 4.79 Å². The van der Waals surface area contributed by atoms with E-state index >= 15 is 0 Å². The molecule has 0 amide bonds. The lowest BCUT2D eigenvalue weighted by atomic mass is 10.1. The van der Waals surface area contributed by atoms with Gasteiger partial charge < -0.3 is 4.74 Å². The zero-order valence-electron chi connectivity index (χ0n) is 7.13. The SMILES string of the molecule is C=[C]c1cc(Br)cc(C(=O)OC)c1.